The Labute approximate surface area is 264 Å². The van der Waals surface area contributed by atoms with Crippen LogP contribution in [0.4, 0.5) is 4.79 Å². The minimum atomic E-state index is -3.55. The van der Waals surface area contributed by atoms with Gasteiger partial charge in [0.15, 0.2) is 0 Å². The van der Waals surface area contributed by atoms with Crippen LogP contribution in [0.25, 0.3) is 0 Å². The zero-order valence-corrected chi connectivity index (χ0v) is 28.1. The number of nitrogens with one attached hydrogen (secondary N) is 1. The summed E-state index contributed by atoms with van der Waals surface area (Å²) in [7, 11) is 2.79. The van der Waals surface area contributed by atoms with E-state index in [0.717, 1.165) is 24.8 Å². The molecule has 1 aliphatic carbocycles. The summed E-state index contributed by atoms with van der Waals surface area (Å²) in [6.07, 6.45) is 14.9. The van der Waals surface area contributed by atoms with Crippen molar-refractivity contribution in [1.29, 1.82) is 0 Å². The van der Waals surface area contributed by atoms with Crippen LogP contribution >= 0.6 is 6.72 Å². The first-order chi connectivity index (χ1) is 20.8. The first kappa shape index (κ1) is 37.6. The molecule has 2 N–H and O–H groups in total. The van der Waals surface area contributed by atoms with Crippen molar-refractivity contribution >= 4 is 30.6 Å². The maximum atomic E-state index is 12.8. The summed E-state index contributed by atoms with van der Waals surface area (Å²) in [4.78, 5) is 35.4. The third-order valence-corrected chi connectivity index (χ3v) is 9.64. The van der Waals surface area contributed by atoms with Crippen molar-refractivity contribution in [2.24, 2.45) is 5.92 Å². The van der Waals surface area contributed by atoms with Gasteiger partial charge in [-0.05, 0) is 30.2 Å². The third kappa shape index (κ3) is 15.8. The lowest BCUT2D eigenvalue weighted by Crippen LogP contribution is -2.44. The maximum Gasteiger partial charge on any atom is 0.508 e. The van der Waals surface area contributed by atoms with Gasteiger partial charge in [-0.3, -0.25) is 4.79 Å². The number of amides is 1. The second kappa shape index (κ2) is 22.0. The molecule has 1 amide bonds. The molecule has 1 fully saturated rings. The lowest BCUT2D eigenvalue weighted by Gasteiger charge is -2.28. The highest BCUT2D eigenvalue weighted by Crippen LogP contribution is 2.48. The predicted molar refractivity (Wildman–Crippen MR) is 172 cm³/mol. The van der Waals surface area contributed by atoms with Crippen molar-refractivity contribution < 1.29 is 37.7 Å². The summed E-state index contributed by atoms with van der Waals surface area (Å²) in [5.41, 5.74) is 0.841. The Morgan fingerprint density at radius 3 is 2.02 bits per heavy atom. The van der Waals surface area contributed by atoms with Crippen LogP contribution in [-0.4, -0.2) is 56.0 Å². The van der Waals surface area contributed by atoms with Crippen LogP contribution in [0.5, 0.6) is 0 Å². The van der Waals surface area contributed by atoms with E-state index in [1.807, 2.05) is 30.3 Å². The van der Waals surface area contributed by atoms with Gasteiger partial charge in [0.1, 0.15) is 25.4 Å². The van der Waals surface area contributed by atoms with Crippen LogP contribution < -0.4 is 5.32 Å². The summed E-state index contributed by atoms with van der Waals surface area (Å²) in [6.45, 7) is -1.26. The Hall–Kier alpha value is -1.55. The molecule has 1 aromatic carbocycles. The summed E-state index contributed by atoms with van der Waals surface area (Å²) < 4.78 is 27.0. The van der Waals surface area contributed by atoms with Gasteiger partial charge < -0.3 is 33.5 Å². The van der Waals surface area contributed by atoms with Crippen LogP contribution in [0.1, 0.15) is 109 Å². The van der Waals surface area contributed by atoms with Gasteiger partial charge in [0.05, 0.1) is 6.04 Å². The molecule has 0 radical (unpaired) electrons. The number of unbranched alkanes of at least 4 members (excludes halogenated alkanes) is 12. The molecule has 2 unspecified atom stereocenters. The number of hydrogen-bond acceptors (Lipinski definition) is 8. The molecule has 0 bridgehead atoms. The quantitative estimate of drug-likeness (QED) is 0.0708. The molecule has 1 saturated carbocycles. The first-order valence-corrected chi connectivity index (χ1v) is 18.6. The van der Waals surface area contributed by atoms with Gasteiger partial charge in [-0.1, -0.05) is 114 Å². The van der Waals surface area contributed by atoms with Crippen LogP contribution in [0, 0.1) is 5.92 Å². The summed E-state index contributed by atoms with van der Waals surface area (Å²) in [5, 5.41) is 3.06. The summed E-state index contributed by atoms with van der Waals surface area (Å²) >= 11 is 5.08. The van der Waals surface area contributed by atoms with Crippen LogP contribution in [0.2, 0.25) is 0 Å². The van der Waals surface area contributed by atoms with Gasteiger partial charge >= 0.3 is 12.9 Å². The summed E-state index contributed by atoms with van der Waals surface area (Å²) in [5.74, 6) is -0.464. The molecule has 0 spiro atoms. The van der Waals surface area contributed by atoms with Gasteiger partial charge in [0, 0.05) is 26.6 Å². The van der Waals surface area contributed by atoms with Crippen molar-refractivity contribution in [2.45, 2.75) is 128 Å². The monoisotopic (exact) mass is 643 g/mol. The van der Waals surface area contributed by atoms with E-state index in [4.69, 9.17) is 35.1 Å². The van der Waals surface area contributed by atoms with Crippen molar-refractivity contribution in [3.05, 3.63) is 35.9 Å². The Morgan fingerprint density at radius 2 is 1.47 bits per heavy atom. The molecule has 0 aliphatic heterocycles. The fourth-order valence-corrected chi connectivity index (χ4v) is 6.54. The van der Waals surface area contributed by atoms with Crippen LogP contribution in [0.3, 0.4) is 0 Å². The minimum Gasteiger partial charge on any atom is -0.434 e. The minimum absolute atomic E-state index is 0.0531. The number of ether oxygens (including phenoxy) is 3. The Morgan fingerprint density at radius 1 is 0.884 bits per heavy atom. The molecule has 5 atom stereocenters. The molecular weight excluding hydrogens is 589 g/mol. The lowest BCUT2D eigenvalue weighted by molar-refractivity contribution is -0.123. The van der Waals surface area contributed by atoms with E-state index in [1.165, 1.54) is 78.4 Å². The predicted octanol–water partition coefficient (Wildman–Crippen LogP) is 7.59. The molecule has 246 valence electrons. The smallest absolute Gasteiger partial charge is 0.434 e. The van der Waals surface area contributed by atoms with Gasteiger partial charge in [0.2, 0.25) is 5.91 Å². The average Bonchev–Trinajstić information content (AvgIpc) is 3.32. The number of carbonyl (C=O) groups excluding carboxylic acids is 2. The highest BCUT2D eigenvalue weighted by atomic mass is 32.5. The maximum absolute atomic E-state index is 12.8. The van der Waals surface area contributed by atoms with Crippen molar-refractivity contribution in [1.82, 2.24) is 5.32 Å². The number of carbonyl (C=O) groups is 2. The number of hydrogen-bond donors (Lipinski definition) is 2. The largest absolute Gasteiger partial charge is 0.508 e. The molecule has 2 rings (SSSR count). The fourth-order valence-electron chi connectivity index (χ4n) is 5.55. The average molecular weight is 644 g/mol. The zero-order valence-electron chi connectivity index (χ0n) is 26.4. The first-order valence-electron chi connectivity index (χ1n) is 16.0. The van der Waals surface area contributed by atoms with Crippen molar-refractivity contribution in [3.8, 4) is 0 Å². The molecule has 0 heterocycles. The van der Waals surface area contributed by atoms with E-state index in [9.17, 15) is 14.5 Å². The van der Waals surface area contributed by atoms with E-state index in [2.05, 4.69) is 12.2 Å². The fraction of sp³-hybridized carbons (Fsp3) is 0.750. The Kier molecular flexibility index (Phi) is 19.3. The topological polar surface area (TPSA) is 113 Å². The Bertz CT molecular complexity index is 953. The normalized spacial score (nSPS) is 21.3. The van der Waals surface area contributed by atoms with Gasteiger partial charge in [-0.2, -0.15) is 0 Å². The number of methoxy groups -OCH3 is 1. The van der Waals surface area contributed by atoms with E-state index >= 15 is 0 Å². The zero-order chi connectivity index (χ0) is 31.3. The van der Waals surface area contributed by atoms with E-state index < -0.39 is 37.0 Å². The standard InChI is InChI=1S/C32H54NO8PS/c1-4-5-6-7-8-9-10-11-12-13-14-15-19-22-29(34)33-28-23-27(30(31(28)37-2)41-42(36,43)38-3)25-40-32(35)39-24-26-20-17-16-18-21-26/h16-18,20-21,27-28,30-31H,4-15,19,22-25H2,1-3H3,(H,33,34)(H,36,43)/t27-,28-,30?,31-,42?/m1/s1. The molecule has 0 saturated heterocycles. The highest BCUT2D eigenvalue weighted by Gasteiger charge is 2.47. The SMILES string of the molecule is CCCCCCCCCCCCCCCC(=O)N[C@@H]1C[C@H](COC(=O)OCc2ccccc2)C(OP(O)(=S)OC)[C@@H]1OC. The second-order valence-electron chi connectivity index (χ2n) is 11.4. The Balaban J connectivity index is 1.73. The summed E-state index contributed by atoms with van der Waals surface area (Å²) in [6, 6.07) is 8.90. The van der Waals surface area contributed by atoms with E-state index in [1.54, 1.807) is 0 Å². The van der Waals surface area contributed by atoms with Gasteiger partial charge in [0.25, 0.3) is 0 Å². The van der Waals surface area contributed by atoms with Gasteiger partial charge in [-0.25, -0.2) is 4.79 Å². The molecule has 11 heteroatoms. The molecule has 0 aromatic heterocycles. The third-order valence-electron chi connectivity index (χ3n) is 7.97. The lowest BCUT2D eigenvalue weighted by atomic mass is 10.0. The molecule has 9 nitrogen and oxygen atoms in total. The van der Waals surface area contributed by atoms with E-state index in [0.29, 0.717) is 12.8 Å². The molecular formula is C32H54NO8PS. The highest BCUT2D eigenvalue weighted by molar-refractivity contribution is 8.07. The molecule has 43 heavy (non-hydrogen) atoms. The number of rotatable bonds is 23. The molecule has 1 aliphatic rings. The number of benzene rings is 1. The molecule has 1 aromatic rings. The van der Waals surface area contributed by atoms with Crippen molar-refractivity contribution in [3.63, 3.8) is 0 Å². The second-order valence-corrected chi connectivity index (χ2v) is 14.3. The van der Waals surface area contributed by atoms with Crippen LogP contribution in [-0.2, 0) is 46.5 Å². The van der Waals surface area contributed by atoms with Gasteiger partial charge in [-0.15, -0.1) is 0 Å². The van der Waals surface area contributed by atoms with E-state index in [-0.39, 0.29) is 19.1 Å². The van der Waals surface area contributed by atoms with Crippen molar-refractivity contribution in [2.75, 3.05) is 20.8 Å². The van der Waals surface area contributed by atoms with Crippen LogP contribution in [0.15, 0.2) is 30.3 Å².